The molecule has 7 heteroatoms. The average Bonchev–Trinajstić information content (AvgIpc) is 2.38. The number of carboxylic acid groups (broad SMARTS) is 1. The summed E-state index contributed by atoms with van der Waals surface area (Å²) < 4.78 is 26.2. The molecule has 0 aliphatic carbocycles. The van der Waals surface area contributed by atoms with E-state index in [1.165, 1.54) is 6.07 Å². The average molecular weight is 300 g/mol. The molecule has 5 nitrogen and oxygen atoms in total. The molecule has 0 spiro atoms. The van der Waals surface area contributed by atoms with Gasteiger partial charge in [0, 0.05) is 30.0 Å². The Labute approximate surface area is 121 Å². The topological polar surface area (TPSA) is 86.8 Å². The summed E-state index contributed by atoms with van der Waals surface area (Å²) in [5.41, 5.74) is 4.79. The van der Waals surface area contributed by atoms with Crippen LogP contribution in [0.4, 0.5) is 20.2 Å². The molecule has 0 atom stereocenters. The van der Waals surface area contributed by atoms with E-state index >= 15 is 0 Å². The molecule has 1 saturated heterocycles. The highest BCUT2D eigenvalue weighted by molar-refractivity contribution is 5.68. The predicted octanol–water partition coefficient (Wildman–Crippen LogP) is 2.01. The first-order chi connectivity index (χ1) is 9.81. The number of nitrogens with zero attached hydrogens (tertiary/aromatic N) is 1. The second-order valence-electron chi connectivity index (χ2n) is 5.40. The van der Waals surface area contributed by atoms with Crippen molar-refractivity contribution in [1.29, 1.82) is 0 Å². The summed E-state index contributed by atoms with van der Waals surface area (Å²) in [7, 11) is 0. The molecule has 1 aromatic rings. The van der Waals surface area contributed by atoms with E-state index in [2.05, 4.69) is 0 Å². The number of aliphatic carboxylic acids is 1. The largest absolute Gasteiger partial charge is 0.481 e. The molecule has 21 heavy (non-hydrogen) atoms. The maximum absolute atomic E-state index is 13.1. The van der Waals surface area contributed by atoms with Crippen LogP contribution < -0.4 is 10.6 Å². The van der Waals surface area contributed by atoms with Gasteiger partial charge in [0.25, 0.3) is 6.43 Å². The molecule has 0 saturated carbocycles. The zero-order valence-electron chi connectivity index (χ0n) is 11.4. The lowest BCUT2D eigenvalue weighted by Gasteiger charge is -2.39. The number of alkyl halides is 2. The van der Waals surface area contributed by atoms with E-state index < -0.39 is 18.0 Å². The van der Waals surface area contributed by atoms with Crippen molar-refractivity contribution in [3.8, 4) is 0 Å². The van der Waals surface area contributed by atoms with Crippen molar-refractivity contribution in [2.75, 3.05) is 23.7 Å². The third-order valence-corrected chi connectivity index (χ3v) is 3.80. The van der Waals surface area contributed by atoms with Crippen molar-refractivity contribution in [1.82, 2.24) is 0 Å². The summed E-state index contributed by atoms with van der Waals surface area (Å²) in [6.07, 6.45) is -2.51. The molecule has 4 N–H and O–H groups in total. The molecule has 1 aliphatic heterocycles. The third kappa shape index (κ3) is 3.60. The van der Waals surface area contributed by atoms with Crippen molar-refractivity contribution in [3.05, 3.63) is 23.8 Å². The Morgan fingerprint density at radius 3 is 2.52 bits per heavy atom. The maximum atomic E-state index is 13.1. The Hall–Kier alpha value is -1.89. The highest BCUT2D eigenvalue weighted by Gasteiger charge is 2.35. The van der Waals surface area contributed by atoms with E-state index in [1.54, 1.807) is 17.0 Å². The fourth-order valence-electron chi connectivity index (χ4n) is 2.66. The van der Waals surface area contributed by atoms with Gasteiger partial charge in [0.2, 0.25) is 0 Å². The van der Waals surface area contributed by atoms with E-state index in [4.69, 9.17) is 10.8 Å². The number of carbonyl (C=O) groups is 1. The molecule has 1 heterocycles. The van der Waals surface area contributed by atoms with Crippen LogP contribution in [0.2, 0.25) is 0 Å². The van der Waals surface area contributed by atoms with E-state index in [0.29, 0.717) is 18.8 Å². The van der Waals surface area contributed by atoms with Crippen LogP contribution in [-0.2, 0) is 4.79 Å². The molecular formula is C14H18F2N2O3. The van der Waals surface area contributed by atoms with Gasteiger partial charge < -0.3 is 20.8 Å². The molecule has 0 radical (unpaired) electrons. The lowest BCUT2D eigenvalue weighted by atomic mass is 9.88. The van der Waals surface area contributed by atoms with Crippen molar-refractivity contribution in [2.45, 2.75) is 31.3 Å². The first-order valence-corrected chi connectivity index (χ1v) is 6.67. The summed E-state index contributed by atoms with van der Waals surface area (Å²) in [5, 5.41) is 18.9. The Morgan fingerprint density at radius 2 is 2.00 bits per heavy atom. The highest BCUT2D eigenvalue weighted by Crippen LogP contribution is 2.35. The monoisotopic (exact) mass is 300 g/mol. The molecule has 1 fully saturated rings. The SMILES string of the molecule is Nc1ccc(N2CCC(O)(CC(=O)O)CC2)c(C(F)F)c1. The van der Waals surface area contributed by atoms with E-state index in [1.807, 2.05) is 0 Å². The summed E-state index contributed by atoms with van der Waals surface area (Å²) in [6.45, 7) is 0.654. The number of halogens is 2. The van der Waals surface area contributed by atoms with Gasteiger partial charge in [0.05, 0.1) is 12.0 Å². The standard InChI is InChI=1S/C14H18F2N2O3/c15-13(16)10-7-9(17)1-2-11(10)18-5-3-14(21,4-6-18)8-12(19)20/h1-2,7,13,21H,3-6,8,17H2,(H,19,20). The van der Waals surface area contributed by atoms with Crippen molar-refractivity contribution in [3.63, 3.8) is 0 Å². The van der Waals surface area contributed by atoms with Gasteiger partial charge in [-0.25, -0.2) is 8.78 Å². The second kappa shape index (κ2) is 5.85. The number of rotatable bonds is 4. The minimum absolute atomic E-state index is 0.140. The fraction of sp³-hybridized carbons (Fsp3) is 0.500. The van der Waals surface area contributed by atoms with Gasteiger partial charge >= 0.3 is 5.97 Å². The molecule has 0 unspecified atom stereocenters. The highest BCUT2D eigenvalue weighted by atomic mass is 19.3. The third-order valence-electron chi connectivity index (χ3n) is 3.80. The van der Waals surface area contributed by atoms with Crippen LogP contribution in [0.1, 0.15) is 31.3 Å². The number of nitrogens with two attached hydrogens (primary N) is 1. The fourth-order valence-corrected chi connectivity index (χ4v) is 2.66. The molecular weight excluding hydrogens is 282 g/mol. The Bertz CT molecular complexity index is 529. The predicted molar refractivity (Wildman–Crippen MR) is 74.5 cm³/mol. The summed E-state index contributed by atoms with van der Waals surface area (Å²) in [4.78, 5) is 12.5. The Kier molecular flexibility index (Phi) is 4.32. The van der Waals surface area contributed by atoms with E-state index in [0.717, 1.165) is 0 Å². The van der Waals surface area contributed by atoms with Crippen LogP contribution in [0.25, 0.3) is 0 Å². The molecule has 1 aliphatic rings. The quantitative estimate of drug-likeness (QED) is 0.740. The van der Waals surface area contributed by atoms with E-state index in [9.17, 15) is 18.7 Å². The first-order valence-electron chi connectivity index (χ1n) is 6.67. The summed E-state index contributed by atoms with van der Waals surface area (Å²) in [5.74, 6) is -1.06. The van der Waals surface area contributed by atoms with Gasteiger partial charge in [-0.2, -0.15) is 0 Å². The number of carboxylic acids is 1. The first kappa shape index (κ1) is 15.5. The van der Waals surface area contributed by atoms with Gasteiger partial charge in [0.15, 0.2) is 0 Å². The number of benzene rings is 1. The smallest absolute Gasteiger partial charge is 0.306 e. The van der Waals surface area contributed by atoms with Crippen LogP contribution in [0.15, 0.2) is 18.2 Å². The van der Waals surface area contributed by atoms with Crippen molar-refractivity contribution >= 4 is 17.3 Å². The molecule has 1 aromatic carbocycles. The minimum atomic E-state index is -2.64. The number of anilines is 2. The van der Waals surface area contributed by atoms with Crippen molar-refractivity contribution in [2.24, 2.45) is 0 Å². The van der Waals surface area contributed by atoms with Crippen LogP contribution in [0.5, 0.6) is 0 Å². The molecule has 0 amide bonds. The van der Waals surface area contributed by atoms with Gasteiger partial charge in [-0.15, -0.1) is 0 Å². The number of nitrogen functional groups attached to an aromatic ring is 1. The molecule has 0 bridgehead atoms. The van der Waals surface area contributed by atoms with Crippen LogP contribution >= 0.6 is 0 Å². The maximum Gasteiger partial charge on any atom is 0.306 e. The van der Waals surface area contributed by atoms with Crippen molar-refractivity contribution < 1.29 is 23.8 Å². The minimum Gasteiger partial charge on any atom is -0.481 e. The molecule has 2 rings (SSSR count). The zero-order chi connectivity index (χ0) is 15.6. The molecule has 0 aromatic heterocycles. The van der Waals surface area contributed by atoms with Crippen LogP contribution in [-0.4, -0.2) is 34.9 Å². The van der Waals surface area contributed by atoms with Crippen LogP contribution in [0, 0.1) is 0 Å². The normalized spacial score (nSPS) is 18.0. The van der Waals surface area contributed by atoms with Gasteiger partial charge in [-0.1, -0.05) is 0 Å². The number of hydrogen-bond acceptors (Lipinski definition) is 4. The van der Waals surface area contributed by atoms with Gasteiger partial charge in [-0.3, -0.25) is 4.79 Å². The number of hydrogen-bond donors (Lipinski definition) is 3. The summed E-state index contributed by atoms with van der Waals surface area (Å²) in [6, 6.07) is 4.34. The Morgan fingerprint density at radius 1 is 1.38 bits per heavy atom. The molecule has 116 valence electrons. The van der Waals surface area contributed by atoms with E-state index in [-0.39, 0.29) is 30.5 Å². The van der Waals surface area contributed by atoms with Gasteiger partial charge in [-0.05, 0) is 31.0 Å². The number of aliphatic hydroxyl groups is 1. The summed E-state index contributed by atoms with van der Waals surface area (Å²) >= 11 is 0. The van der Waals surface area contributed by atoms with Gasteiger partial charge in [0.1, 0.15) is 0 Å². The lowest BCUT2D eigenvalue weighted by Crippen LogP contribution is -2.45. The second-order valence-corrected chi connectivity index (χ2v) is 5.40. The van der Waals surface area contributed by atoms with Crippen LogP contribution in [0.3, 0.4) is 0 Å². The zero-order valence-corrected chi connectivity index (χ0v) is 11.4. The lowest BCUT2D eigenvalue weighted by molar-refractivity contribution is -0.143. The Balaban J connectivity index is 2.14. The number of piperidine rings is 1.